The molecule has 3 aromatic rings. The predicted molar refractivity (Wildman–Crippen MR) is 148 cm³/mol. The summed E-state index contributed by atoms with van der Waals surface area (Å²) in [5.74, 6) is -3.88. The third-order valence-corrected chi connectivity index (χ3v) is 7.57. The number of nitrogens with zero attached hydrogens (tertiary/aromatic N) is 3. The number of carboxylic acids is 2. The maximum absolute atomic E-state index is 13.2. The molecule has 2 aromatic carbocycles. The van der Waals surface area contributed by atoms with E-state index in [9.17, 15) is 31.5 Å². The first-order chi connectivity index (χ1) is 18.8. The molecule has 0 aliphatic rings. The zero-order valence-corrected chi connectivity index (χ0v) is 24.3. The molecule has 0 amide bonds. The average Bonchev–Trinajstić information content (AvgIpc) is 3.08. The summed E-state index contributed by atoms with van der Waals surface area (Å²) in [5, 5.41) is 21.0. The Morgan fingerprint density at radius 2 is 1.59 bits per heavy atom. The van der Waals surface area contributed by atoms with Crippen LogP contribution < -0.4 is 9.62 Å². The predicted octanol–water partition coefficient (Wildman–Crippen LogP) is 4.86. The molecule has 14 heteroatoms. The van der Waals surface area contributed by atoms with Crippen molar-refractivity contribution >= 4 is 33.3 Å². The topological polar surface area (TPSA) is 142 Å². The van der Waals surface area contributed by atoms with Gasteiger partial charge in [0, 0.05) is 26.3 Å². The molecule has 0 atom stereocenters. The molecule has 3 N–H and O–H groups in total. The number of halogens is 3. The quantitative estimate of drug-likeness (QED) is 0.317. The van der Waals surface area contributed by atoms with Crippen molar-refractivity contribution in [3.8, 4) is 0 Å². The van der Waals surface area contributed by atoms with Gasteiger partial charge in [0.1, 0.15) is 0 Å². The first-order valence-corrected chi connectivity index (χ1v) is 13.8. The summed E-state index contributed by atoms with van der Waals surface area (Å²) in [7, 11) is -0.114. The number of carbonyl (C=O) groups is 2. The lowest BCUT2D eigenvalue weighted by atomic mass is 10.1. The number of aromatic nitrogens is 2. The van der Waals surface area contributed by atoms with Gasteiger partial charge in [0.2, 0.25) is 0 Å². The van der Waals surface area contributed by atoms with Gasteiger partial charge in [-0.2, -0.15) is 18.3 Å². The molecular formula is C27H33F3N4O6S. The van der Waals surface area contributed by atoms with Crippen molar-refractivity contribution in [2.75, 3.05) is 23.2 Å². The normalized spacial score (nSPS) is 11.4. The zero-order valence-electron chi connectivity index (χ0n) is 23.5. The number of aryl methyl sites for hydroxylation is 4. The van der Waals surface area contributed by atoms with Gasteiger partial charge in [-0.1, -0.05) is 6.07 Å². The van der Waals surface area contributed by atoms with E-state index in [0.29, 0.717) is 12.2 Å². The fraction of sp³-hybridized carbons (Fsp3) is 0.370. The molecule has 0 saturated carbocycles. The maximum Gasteiger partial charge on any atom is 0.490 e. The standard InChI is InChI=1S/C25H32N4O4S.C2HF3O2/c1-16-12-17(2)14-21(13-16)34(32,33)27-23-15-20(25(30)31)9-10-24(23)28(5)11-7-8-22-18(3)26-29(6)19(22)4;3-2(4,5)1(6)7/h9-10,12-15,27H,7-8,11H2,1-6H3,(H,30,31);(H,6,7). The van der Waals surface area contributed by atoms with Crippen LogP contribution in [0.4, 0.5) is 24.5 Å². The molecule has 224 valence electrons. The Morgan fingerprint density at radius 3 is 2.05 bits per heavy atom. The monoisotopic (exact) mass is 598 g/mol. The maximum atomic E-state index is 13.2. The van der Waals surface area contributed by atoms with Crippen LogP contribution in [0.2, 0.25) is 0 Å². The van der Waals surface area contributed by atoms with E-state index in [-0.39, 0.29) is 16.1 Å². The van der Waals surface area contributed by atoms with Crippen molar-refractivity contribution in [3.63, 3.8) is 0 Å². The van der Waals surface area contributed by atoms with Crippen LogP contribution in [0.25, 0.3) is 0 Å². The molecule has 0 aliphatic heterocycles. The fourth-order valence-electron chi connectivity index (χ4n) is 4.17. The van der Waals surface area contributed by atoms with E-state index in [1.54, 1.807) is 18.2 Å². The van der Waals surface area contributed by atoms with E-state index in [4.69, 9.17) is 9.90 Å². The summed E-state index contributed by atoms with van der Waals surface area (Å²) in [6, 6.07) is 9.58. The van der Waals surface area contributed by atoms with Crippen LogP contribution in [0.3, 0.4) is 0 Å². The van der Waals surface area contributed by atoms with Gasteiger partial charge >= 0.3 is 18.1 Å². The van der Waals surface area contributed by atoms with E-state index >= 15 is 0 Å². The average molecular weight is 599 g/mol. The molecule has 0 radical (unpaired) electrons. The highest BCUT2D eigenvalue weighted by Crippen LogP contribution is 2.30. The van der Waals surface area contributed by atoms with Gasteiger partial charge in [-0.05, 0) is 87.6 Å². The van der Waals surface area contributed by atoms with Crippen molar-refractivity contribution in [2.24, 2.45) is 7.05 Å². The molecule has 1 heterocycles. The third kappa shape index (κ3) is 8.96. The second-order valence-corrected chi connectivity index (χ2v) is 11.2. The number of carboxylic acid groups (broad SMARTS) is 2. The summed E-state index contributed by atoms with van der Waals surface area (Å²) < 4.78 is 62.5. The van der Waals surface area contributed by atoms with Crippen molar-refractivity contribution in [3.05, 3.63) is 70.0 Å². The SMILES string of the molecule is Cc1cc(C)cc(S(=O)(=O)Nc2cc(C(=O)O)ccc2N(C)CCCc2c(C)nn(C)c2C)c1.O=C(O)C(F)(F)F. The highest BCUT2D eigenvalue weighted by Gasteiger charge is 2.38. The minimum atomic E-state index is -5.08. The van der Waals surface area contributed by atoms with Crippen LogP contribution in [0.1, 0.15) is 44.9 Å². The largest absolute Gasteiger partial charge is 0.490 e. The lowest BCUT2D eigenvalue weighted by molar-refractivity contribution is -0.192. The van der Waals surface area contributed by atoms with Gasteiger partial charge < -0.3 is 15.1 Å². The van der Waals surface area contributed by atoms with Gasteiger partial charge in [0.05, 0.1) is 27.5 Å². The van der Waals surface area contributed by atoms with Crippen LogP contribution in [0, 0.1) is 27.7 Å². The second kappa shape index (κ2) is 13.1. The molecule has 0 bridgehead atoms. The Labute approximate surface area is 236 Å². The van der Waals surface area contributed by atoms with E-state index < -0.39 is 28.1 Å². The molecule has 41 heavy (non-hydrogen) atoms. The Hall–Kier alpha value is -4.07. The number of rotatable bonds is 9. The smallest absolute Gasteiger partial charge is 0.478 e. The summed E-state index contributed by atoms with van der Waals surface area (Å²) in [5.41, 5.74) is 5.87. The molecule has 0 fully saturated rings. The van der Waals surface area contributed by atoms with Crippen LogP contribution in [-0.4, -0.2) is 60.1 Å². The number of aromatic carboxylic acids is 1. The number of benzene rings is 2. The number of sulfonamides is 1. The van der Waals surface area contributed by atoms with E-state index in [0.717, 1.165) is 35.4 Å². The number of nitrogens with one attached hydrogen (secondary N) is 1. The summed E-state index contributed by atoms with van der Waals surface area (Å²) in [4.78, 5) is 22.5. The lowest BCUT2D eigenvalue weighted by Crippen LogP contribution is -2.22. The van der Waals surface area contributed by atoms with Gasteiger partial charge in [-0.15, -0.1) is 0 Å². The van der Waals surface area contributed by atoms with Crippen LogP contribution >= 0.6 is 0 Å². The molecule has 10 nitrogen and oxygen atoms in total. The van der Waals surface area contributed by atoms with Crippen LogP contribution in [-0.2, 0) is 28.3 Å². The number of alkyl halides is 3. The second-order valence-electron chi connectivity index (χ2n) is 9.57. The minimum absolute atomic E-state index is 0.0110. The van der Waals surface area contributed by atoms with Crippen molar-refractivity contribution in [1.82, 2.24) is 9.78 Å². The van der Waals surface area contributed by atoms with Gasteiger partial charge in [0.15, 0.2) is 0 Å². The summed E-state index contributed by atoms with van der Waals surface area (Å²) in [6.45, 7) is 8.36. The molecule has 0 saturated heterocycles. The van der Waals surface area contributed by atoms with Crippen molar-refractivity contribution in [2.45, 2.75) is 51.6 Å². The van der Waals surface area contributed by atoms with E-state index in [1.807, 2.05) is 57.4 Å². The first-order valence-electron chi connectivity index (χ1n) is 12.3. The van der Waals surface area contributed by atoms with E-state index in [1.165, 1.54) is 17.7 Å². The molecule has 1 aromatic heterocycles. The molecule has 0 aliphatic carbocycles. The van der Waals surface area contributed by atoms with Crippen molar-refractivity contribution in [1.29, 1.82) is 0 Å². The van der Waals surface area contributed by atoms with Gasteiger partial charge in [-0.3, -0.25) is 9.40 Å². The third-order valence-electron chi connectivity index (χ3n) is 6.23. The van der Waals surface area contributed by atoms with E-state index in [2.05, 4.69) is 9.82 Å². The summed E-state index contributed by atoms with van der Waals surface area (Å²) >= 11 is 0. The summed E-state index contributed by atoms with van der Waals surface area (Å²) in [6.07, 6.45) is -3.42. The first kappa shape index (κ1) is 33.1. The number of aliphatic carboxylic acids is 1. The lowest BCUT2D eigenvalue weighted by Gasteiger charge is -2.23. The van der Waals surface area contributed by atoms with Crippen LogP contribution in [0.15, 0.2) is 41.3 Å². The number of anilines is 2. The molecule has 0 spiro atoms. The number of hydrogen-bond donors (Lipinski definition) is 3. The van der Waals surface area contributed by atoms with Crippen molar-refractivity contribution < 1.29 is 41.4 Å². The Morgan fingerprint density at radius 1 is 1.02 bits per heavy atom. The highest BCUT2D eigenvalue weighted by molar-refractivity contribution is 7.92. The molecular weight excluding hydrogens is 565 g/mol. The highest BCUT2D eigenvalue weighted by atomic mass is 32.2. The Balaban J connectivity index is 0.000000745. The fourth-order valence-corrected chi connectivity index (χ4v) is 5.42. The minimum Gasteiger partial charge on any atom is -0.478 e. The van der Waals surface area contributed by atoms with Crippen LogP contribution in [0.5, 0.6) is 0 Å². The Bertz CT molecular complexity index is 1510. The van der Waals surface area contributed by atoms with Gasteiger partial charge in [-0.25, -0.2) is 18.0 Å². The Kier molecular flexibility index (Phi) is 10.6. The van der Waals surface area contributed by atoms with Gasteiger partial charge in [0.25, 0.3) is 10.0 Å². The molecule has 0 unspecified atom stereocenters. The molecule has 3 rings (SSSR count). The zero-order chi connectivity index (χ0) is 31.3. The number of hydrogen-bond acceptors (Lipinski definition) is 6.